The van der Waals surface area contributed by atoms with E-state index in [9.17, 15) is 0 Å². The summed E-state index contributed by atoms with van der Waals surface area (Å²) in [6.07, 6.45) is 0. The Balaban J connectivity index is 1.29. The average Bonchev–Trinajstić information content (AvgIpc) is 3.78. The molecule has 9 aromatic carbocycles. The predicted octanol–water partition coefficient (Wildman–Crippen LogP) is 14.0. The number of aromatic nitrogens is 2. The highest BCUT2D eigenvalue weighted by atomic mass is 15.1. The number of hydrogen-bond acceptors (Lipinski definition) is 0. The van der Waals surface area contributed by atoms with Crippen LogP contribution in [0.25, 0.3) is 99.1 Å². The number of benzene rings is 9. The van der Waals surface area contributed by atoms with Crippen LogP contribution in [0.4, 0.5) is 0 Å². The Morgan fingerprint density at radius 3 is 1.63 bits per heavy atom. The van der Waals surface area contributed by atoms with Crippen molar-refractivity contribution < 1.29 is 0 Å². The molecule has 0 unspecified atom stereocenters. The molecule has 0 aliphatic rings. The minimum Gasteiger partial charge on any atom is -0.307 e. The van der Waals surface area contributed by atoms with Gasteiger partial charge in [-0.25, -0.2) is 0 Å². The number of rotatable bonds is 5. The van der Waals surface area contributed by atoms with Crippen LogP contribution in [0, 0.1) is 0 Å². The van der Waals surface area contributed by atoms with Crippen LogP contribution in [-0.2, 0) is 0 Å². The Morgan fingerprint density at radius 1 is 0.296 bits per heavy atom. The van der Waals surface area contributed by atoms with Gasteiger partial charge < -0.3 is 9.13 Å². The van der Waals surface area contributed by atoms with Gasteiger partial charge >= 0.3 is 0 Å². The fourth-order valence-corrected chi connectivity index (χ4v) is 8.80. The predicted molar refractivity (Wildman–Crippen MR) is 229 cm³/mol. The lowest BCUT2D eigenvalue weighted by molar-refractivity contribution is 1.12. The third-order valence-corrected chi connectivity index (χ3v) is 11.1. The quantitative estimate of drug-likeness (QED) is 0.160. The topological polar surface area (TPSA) is 9.86 Å². The van der Waals surface area contributed by atoms with Crippen molar-refractivity contribution in [3.63, 3.8) is 0 Å². The van der Waals surface area contributed by atoms with Gasteiger partial charge in [0.15, 0.2) is 0 Å². The Hall–Kier alpha value is -7.16. The molecule has 0 atom stereocenters. The smallest absolute Gasteiger partial charge is 0.0789 e. The van der Waals surface area contributed by atoms with Crippen molar-refractivity contribution in [1.29, 1.82) is 0 Å². The Kier molecular flexibility index (Phi) is 6.90. The van der Waals surface area contributed by atoms with Gasteiger partial charge in [0.05, 0.1) is 22.2 Å². The maximum atomic E-state index is 2.51. The van der Waals surface area contributed by atoms with E-state index in [0.29, 0.717) is 0 Å². The minimum atomic E-state index is 1.13. The molecule has 0 fully saturated rings. The summed E-state index contributed by atoms with van der Waals surface area (Å²) in [6.45, 7) is 0. The zero-order chi connectivity index (χ0) is 35.6. The molecule has 0 saturated carbocycles. The number of hydrogen-bond donors (Lipinski definition) is 0. The van der Waals surface area contributed by atoms with E-state index in [4.69, 9.17) is 0 Å². The number of nitrogens with zero attached hydrogens (tertiary/aromatic N) is 2. The van der Waals surface area contributed by atoms with Crippen LogP contribution >= 0.6 is 0 Å². The second-order valence-corrected chi connectivity index (χ2v) is 14.1. The van der Waals surface area contributed by atoms with Crippen LogP contribution in [0.3, 0.4) is 0 Å². The zero-order valence-corrected chi connectivity index (χ0v) is 29.5. The normalized spacial score (nSPS) is 11.7. The van der Waals surface area contributed by atoms with Gasteiger partial charge in [-0.2, -0.15) is 0 Å². The zero-order valence-electron chi connectivity index (χ0n) is 29.5. The third-order valence-electron chi connectivity index (χ3n) is 11.1. The SMILES string of the molecule is c1ccc(-c2c(-c3ccccc3)n(-c3ccccc3)c3c2ccc2c4ccccc4n(-c4cccc(-c5cc6ccccc6c6ccccc56)c4)c23)cc1. The van der Waals surface area contributed by atoms with E-state index in [1.54, 1.807) is 0 Å². The third kappa shape index (κ3) is 4.60. The van der Waals surface area contributed by atoms with Gasteiger partial charge in [-0.05, 0) is 80.2 Å². The summed E-state index contributed by atoms with van der Waals surface area (Å²) < 4.78 is 5.01. The first-order valence-electron chi connectivity index (χ1n) is 18.6. The first-order chi connectivity index (χ1) is 26.8. The first-order valence-corrected chi connectivity index (χ1v) is 18.6. The lowest BCUT2D eigenvalue weighted by atomic mass is 9.93. The molecule has 0 N–H and O–H groups in total. The van der Waals surface area contributed by atoms with Crippen LogP contribution in [-0.4, -0.2) is 9.13 Å². The molecule has 0 aliphatic carbocycles. The van der Waals surface area contributed by atoms with E-state index in [1.807, 2.05) is 0 Å². The lowest BCUT2D eigenvalue weighted by Gasteiger charge is -2.16. The molecule has 252 valence electrons. The summed E-state index contributed by atoms with van der Waals surface area (Å²) in [5.74, 6) is 0. The van der Waals surface area contributed by atoms with Crippen LogP contribution < -0.4 is 0 Å². The summed E-state index contributed by atoms with van der Waals surface area (Å²) in [4.78, 5) is 0. The molecule has 2 aromatic heterocycles. The van der Waals surface area contributed by atoms with Crippen molar-refractivity contribution >= 4 is 54.3 Å². The van der Waals surface area contributed by atoms with Crippen molar-refractivity contribution in [2.24, 2.45) is 0 Å². The number of para-hydroxylation sites is 2. The Labute approximate surface area is 313 Å². The largest absolute Gasteiger partial charge is 0.307 e. The van der Waals surface area contributed by atoms with Crippen molar-refractivity contribution in [2.75, 3.05) is 0 Å². The second-order valence-electron chi connectivity index (χ2n) is 14.1. The van der Waals surface area contributed by atoms with Gasteiger partial charge in [0.2, 0.25) is 0 Å². The standard InChI is InChI=1S/C52H34N2/c1-4-17-35(18-5-1)49-46-32-31-45-44-29-14-15-30-48(44)53(51(45)52(46)54(39-23-8-3-9-24-39)50(49)36-19-6-2-7-20-36)40-25-16-22-37(33-40)47-34-38-21-10-11-26-41(38)42-27-12-13-28-43(42)47/h1-34H. The van der Waals surface area contributed by atoms with E-state index in [2.05, 4.69) is 215 Å². The van der Waals surface area contributed by atoms with Crippen LogP contribution in [0.1, 0.15) is 0 Å². The molecule has 54 heavy (non-hydrogen) atoms. The van der Waals surface area contributed by atoms with Gasteiger partial charge in [0.25, 0.3) is 0 Å². The summed E-state index contributed by atoms with van der Waals surface area (Å²) in [5.41, 5.74) is 13.1. The molecule has 0 bridgehead atoms. The maximum Gasteiger partial charge on any atom is 0.0789 e. The molecule has 2 heterocycles. The van der Waals surface area contributed by atoms with E-state index in [1.165, 1.54) is 87.8 Å². The van der Waals surface area contributed by atoms with Crippen LogP contribution in [0.2, 0.25) is 0 Å². The van der Waals surface area contributed by atoms with E-state index >= 15 is 0 Å². The molecular weight excluding hydrogens is 653 g/mol. The lowest BCUT2D eigenvalue weighted by Crippen LogP contribution is -2.00. The molecule has 11 aromatic rings. The summed E-state index contributed by atoms with van der Waals surface area (Å²) >= 11 is 0. The first kappa shape index (κ1) is 30.5. The summed E-state index contributed by atoms with van der Waals surface area (Å²) in [5, 5.41) is 8.75. The Bertz CT molecular complexity index is 3190. The summed E-state index contributed by atoms with van der Waals surface area (Å²) in [7, 11) is 0. The van der Waals surface area contributed by atoms with Crippen molar-refractivity contribution in [3.05, 3.63) is 206 Å². The van der Waals surface area contributed by atoms with Crippen LogP contribution in [0.15, 0.2) is 206 Å². The molecular formula is C52H34N2. The minimum absolute atomic E-state index is 1.13. The highest BCUT2D eigenvalue weighted by Gasteiger charge is 2.26. The molecule has 0 amide bonds. The monoisotopic (exact) mass is 686 g/mol. The molecule has 0 saturated heterocycles. The van der Waals surface area contributed by atoms with E-state index < -0.39 is 0 Å². The molecule has 0 aliphatic heterocycles. The van der Waals surface area contributed by atoms with Crippen LogP contribution in [0.5, 0.6) is 0 Å². The maximum absolute atomic E-state index is 2.51. The van der Waals surface area contributed by atoms with Crippen molar-refractivity contribution in [3.8, 4) is 44.9 Å². The molecule has 0 spiro atoms. The molecule has 0 radical (unpaired) electrons. The average molecular weight is 687 g/mol. The highest BCUT2D eigenvalue weighted by molar-refractivity contribution is 6.22. The van der Waals surface area contributed by atoms with Gasteiger partial charge in [-0.15, -0.1) is 0 Å². The number of fused-ring (bicyclic) bond motifs is 8. The van der Waals surface area contributed by atoms with Gasteiger partial charge in [0, 0.05) is 33.1 Å². The molecule has 2 nitrogen and oxygen atoms in total. The highest BCUT2D eigenvalue weighted by Crippen LogP contribution is 2.47. The van der Waals surface area contributed by atoms with Gasteiger partial charge in [-0.1, -0.05) is 170 Å². The molecule has 11 rings (SSSR count). The molecule has 2 heteroatoms. The second kappa shape index (κ2) is 12.2. The van der Waals surface area contributed by atoms with Crippen molar-refractivity contribution in [2.45, 2.75) is 0 Å². The van der Waals surface area contributed by atoms with Crippen molar-refractivity contribution in [1.82, 2.24) is 9.13 Å². The summed E-state index contributed by atoms with van der Waals surface area (Å²) in [6, 6.07) is 75.2. The fourth-order valence-electron chi connectivity index (χ4n) is 8.80. The van der Waals surface area contributed by atoms with Gasteiger partial charge in [-0.3, -0.25) is 0 Å². The van der Waals surface area contributed by atoms with E-state index in [0.717, 1.165) is 11.4 Å². The fraction of sp³-hybridized carbons (Fsp3) is 0. The van der Waals surface area contributed by atoms with Gasteiger partial charge in [0.1, 0.15) is 0 Å². The van der Waals surface area contributed by atoms with E-state index in [-0.39, 0.29) is 0 Å². The Morgan fingerprint density at radius 2 is 0.852 bits per heavy atom.